The van der Waals surface area contributed by atoms with Gasteiger partial charge >= 0.3 is 41.8 Å². The van der Waals surface area contributed by atoms with Crippen molar-refractivity contribution < 1.29 is 96.1 Å². The van der Waals surface area contributed by atoms with Gasteiger partial charge in [-0.15, -0.1) is 0 Å². The molecule has 25 nitrogen and oxygen atoms in total. The molecular weight excluding hydrogens is 1070 g/mol. The highest BCUT2D eigenvalue weighted by Gasteiger charge is 2.47. The number of pyridine rings is 1. The number of carboxylic acids is 1. The first kappa shape index (κ1) is 68.7. The number of carboxylic acid groups (broad SMARTS) is 1. The van der Waals surface area contributed by atoms with Crippen LogP contribution in [0.4, 0.5) is 0 Å². The molecule has 0 radical (unpaired) electrons. The Labute approximate surface area is 478 Å². The standard InChI is InChI=1S/C12H17NO4.C11H15NO4.C10H13NO4.C9H17NO2.C9H11NO2.C6H10O4/c1-3-17-12(15)9-8-6-4-5-7-13(8)11(14)10(9)16-2;1-2-16-11(15)8-7-5-3-4-6-12(7)10(14)9(8)13;1-15-8-7(10(13)14)6-4-2-3-5-11(6)9(8)12;2*1-2-12-9(11)7-8-5-3-4-6-10-8;1-3-9-5(7)6(8)10-4-2/h8H,3-7H2,1-2H3;7,13H,2-6H2,1H3;6H,2-5H2,1H3,(H,13,14);8,10H,2-7H2,1H3;3-6H,2,7H2,1H3;3-4H2,1-2H3. The van der Waals surface area contributed by atoms with Gasteiger partial charge in [0, 0.05) is 31.9 Å². The first-order valence-corrected chi connectivity index (χ1v) is 28.2. The third kappa shape index (κ3) is 20.1. The minimum absolute atomic E-state index is 0.00870. The van der Waals surface area contributed by atoms with E-state index in [1.54, 1.807) is 61.6 Å². The first-order chi connectivity index (χ1) is 39.4. The minimum Gasteiger partial charge on any atom is -0.503 e. The molecule has 82 heavy (non-hydrogen) atoms. The summed E-state index contributed by atoms with van der Waals surface area (Å²) in [6.07, 6.45) is 14.1. The predicted molar refractivity (Wildman–Crippen MR) is 291 cm³/mol. The minimum atomic E-state index is -1.05. The van der Waals surface area contributed by atoms with E-state index >= 15 is 0 Å². The number of ether oxygens (including phenoxy) is 8. The number of methoxy groups -OCH3 is 2. The highest BCUT2D eigenvalue weighted by Crippen LogP contribution is 2.35. The molecule has 0 saturated carbocycles. The van der Waals surface area contributed by atoms with Gasteiger partial charge in [-0.25, -0.2) is 24.0 Å². The van der Waals surface area contributed by atoms with Crippen molar-refractivity contribution in [2.75, 3.05) is 80.0 Å². The fraction of sp³-hybridized carbons (Fsp3) is 0.632. The molecule has 4 fully saturated rings. The van der Waals surface area contributed by atoms with Crippen LogP contribution in [0.3, 0.4) is 0 Å². The molecule has 3 amide bonds. The zero-order valence-electron chi connectivity index (χ0n) is 48.6. The zero-order valence-corrected chi connectivity index (χ0v) is 48.6. The molecule has 456 valence electrons. The number of aliphatic carboxylic acids is 1. The van der Waals surface area contributed by atoms with Crippen molar-refractivity contribution >= 4 is 59.5 Å². The van der Waals surface area contributed by atoms with Crippen LogP contribution in [-0.2, 0) is 92.3 Å². The van der Waals surface area contributed by atoms with Gasteiger partial charge in [0.1, 0.15) is 16.7 Å². The summed E-state index contributed by atoms with van der Waals surface area (Å²) in [5.74, 6) is -5.34. The number of aliphatic hydroxyl groups is 1. The van der Waals surface area contributed by atoms with Crippen LogP contribution in [0.1, 0.15) is 131 Å². The molecule has 1 aromatic rings. The van der Waals surface area contributed by atoms with E-state index in [1.165, 1.54) is 27.1 Å². The Hall–Kier alpha value is -7.57. The number of aromatic nitrogens is 1. The monoisotopic (exact) mass is 1160 g/mol. The van der Waals surface area contributed by atoms with E-state index in [2.05, 4.69) is 19.8 Å². The largest absolute Gasteiger partial charge is 0.503 e. The summed E-state index contributed by atoms with van der Waals surface area (Å²) in [6.45, 7) is 15.2. The van der Waals surface area contributed by atoms with Crippen LogP contribution in [-0.4, -0.2) is 194 Å². The van der Waals surface area contributed by atoms with Crippen molar-refractivity contribution in [2.24, 2.45) is 0 Å². The van der Waals surface area contributed by atoms with Gasteiger partial charge in [-0.1, -0.05) is 12.5 Å². The Morgan fingerprint density at radius 2 is 0.988 bits per heavy atom. The van der Waals surface area contributed by atoms with Crippen LogP contribution in [0.15, 0.2) is 58.4 Å². The number of amides is 3. The lowest BCUT2D eigenvalue weighted by molar-refractivity contribution is -0.167. The first-order valence-electron chi connectivity index (χ1n) is 28.2. The average Bonchev–Trinajstić information content (AvgIpc) is 4.21. The molecule has 4 unspecified atom stereocenters. The number of carbonyl (C=O) groups excluding carboxylic acids is 9. The lowest BCUT2D eigenvalue weighted by Gasteiger charge is -2.30. The molecule has 1 aromatic heterocycles. The van der Waals surface area contributed by atoms with Crippen LogP contribution in [0.5, 0.6) is 0 Å². The maximum Gasteiger partial charge on any atom is 0.417 e. The highest BCUT2D eigenvalue weighted by molar-refractivity contribution is 6.29. The molecule has 3 N–H and O–H groups in total. The number of fused-ring (bicyclic) bond motifs is 3. The molecule has 4 saturated heterocycles. The van der Waals surface area contributed by atoms with Crippen LogP contribution >= 0.6 is 0 Å². The van der Waals surface area contributed by atoms with Gasteiger partial charge in [-0.3, -0.25) is 29.0 Å². The van der Waals surface area contributed by atoms with Crippen molar-refractivity contribution in [3.63, 3.8) is 0 Å². The topological polar surface area (TPSA) is 320 Å². The third-order valence-corrected chi connectivity index (χ3v) is 13.5. The number of piperidine rings is 4. The van der Waals surface area contributed by atoms with Gasteiger partial charge in [-0.2, -0.15) is 0 Å². The maximum atomic E-state index is 12.0. The second-order valence-corrected chi connectivity index (χ2v) is 18.8. The molecule has 0 bridgehead atoms. The fourth-order valence-electron chi connectivity index (χ4n) is 9.90. The van der Waals surface area contributed by atoms with Crippen LogP contribution in [0.2, 0.25) is 0 Å². The molecule has 4 atom stereocenters. The molecule has 25 heteroatoms. The number of nitrogens with zero attached hydrogens (tertiary/aromatic N) is 4. The van der Waals surface area contributed by atoms with Crippen LogP contribution in [0.25, 0.3) is 0 Å². The summed E-state index contributed by atoms with van der Waals surface area (Å²) in [6, 6.07) is 5.12. The maximum absolute atomic E-state index is 12.0. The number of nitrogens with one attached hydrogen (secondary N) is 1. The molecule has 7 aliphatic heterocycles. The summed E-state index contributed by atoms with van der Waals surface area (Å²) in [5.41, 5.74) is 1.42. The number of hydrogen-bond donors (Lipinski definition) is 3. The number of rotatable bonds is 15. The molecule has 0 aliphatic carbocycles. The van der Waals surface area contributed by atoms with Gasteiger partial charge in [-0.05, 0) is 131 Å². The normalized spacial score (nSPS) is 20.3. The second kappa shape index (κ2) is 36.7. The number of hydrogen-bond acceptors (Lipinski definition) is 21. The van der Waals surface area contributed by atoms with E-state index < -0.39 is 41.5 Å². The van der Waals surface area contributed by atoms with Crippen LogP contribution in [0, 0.1) is 0 Å². The number of esters is 6. The Morgan fingerprint density at radius 1 is 0.549 bits per heavy atom. The summed E-state index contributed by atoms with van der Waals surface area (Å²) >= 11 is 0. The highest BCUT2D eigenvalue weighted by atomic mass is 16.6. The van der Waals surface area contributed by atoms with E-state index in [9.17, 15) is 53.1 Å². The van der Waals surface area contributed by atoms with Crippen molar-refractivity contribution in [1.29, 1.82) is 0 Å². The Morgan fingerprint density at radius 3 is 1.43 bits per heavy atom. The number of aliphatic hydroxyl groups excluding tert-OH is 1. The van der Waals surface area contributed by atoms with Gasteiger partial charge in [0.2, 0.25) is 0 Å². The van der Waals surface area contributed by atoms with Crippen molar-refractivity contribution in [1.82, 2.24) is 25.0 Å². The molecule has 0 aromatic carbocycles. The van der Waals surface area contributed by atoms with E-state index in [1.807, 2.05) is 19.1 Å². The smallest absolute Gasteiger partial charge is 0.417 e. The average molecular weight is 1160 g/mol. The summed E-state index contributed by atoms with van der Waals surface area (Å²) in [7, 11) is 2.76. The summed E-state index contributed by atoms with van der Waals surface area (Å²) < 4.78 is 38.2. The molecule has 7 aliphatic rings. The van der Waals surface area contributed by atoms with E-state index in [0.29, 0.717) is 57.5 Å². The molecule has 8 heterocycles. The predicted octanol–water partition coefficient (Wildman–Crippen LogP) is 4.35. The van der Waals surface area contributed by atoms with Crippen molar-refractivity contribution in [3.8, 4) is 0 Å². The Kier molecular flexibility index (Phi) is 30.8. The van der Waals surface area contributed by atoms with Gasteiger partial charge in [0.25, 0.3) is 17.7 Å². The molecular formula is C57H83N5O20. The SMILES string of the molecule is CCOC(=O)C(=O)OCC.CCOC(=O)C1=C(O)C(=O)N2CCCCC12.CCOC(=O)C1=C(OC)C(=O)N2CCCCC12.CCOC(=O)CC1CCCCN1.CCOC(=O)Cc1ccccn1.COC1=C(C(=O)O)C2CCCCN2C1=O. The fourth-order valence-corrected chi connectivity index (χ4v) is 9.90. The van der Waals surface area contributed by atoms with Crippen molar-refractivity contribution in [2.45, 2.75) is 156 Å². The Balaban J connectivity index is 0.000000261. The van der Waals surface area contributed by atoms with Crippen LogP contribution < -0.4 is 5.32 Å². The lowest BCUT2D eigenvalue weighted by Crippen LogP contribution is -2.40. The van der Waals surface area contributed by atoms with Gasteiger partial charge in [0.15, 0.2) is 17.3 Å². The lowest BCUT2D eigenvalue weighted by atomic mass is 9.98. The van der Waals surface area contributed by atoms with E-state index in [-0.39, 0.29) is 90.8 Å². The number of carbonyl (C=O) groups is 10. The second-order valence-electron chi connectivity index (χ2n) is 18.8. The van der Waals surface area contributed by atoms with E-state index in [4.69, 9.17) is 33.5 Å². The van der Waals surface area contributed by atoms with Gasteiger partial charge < -0.3 is 68.1 Å². The Bertz CT molecular complexity index is 2420. The van der Waals surface area contributed by atoms with E-state index in [0.717, 1.165) is 76.4 Å². The molecule has 0 spiro atoms. The third-order valence-electron chi connectivity index (χ3n) is 13.5. The quantitative estimate of drug-likeness (QED) is 0.125. The summed E-state index contributed by atoms with van der Waals surface area (Å²) in [5, 5.41) is 22.0. The zero-order chi connectivity index (χ0) is 60.7. The van der Waals surface area contributed by atoms with Crippen molar-refractivity contribution in [3.05, 3.63) is 64.1 Å². The molecule has 8 rings (SSSR count). The summed E-state index contributed by atoms with van der Waals surface area (Å²) in [4.78, 5) is 122. The van der Waals surface area contributed by atoms with Gasteiger partial charge in [0.05, 0.1) is 90.5 Å².